The standard InChI is InChI=1S/C8H14N4O2S/c1-4(2)5(6(13)14-3)12-7(9)10-11-8(12)15/h4-5H,1-3H3,(H2,9,10)(H,11,15). The highest BCUT2D eigenvalue weighted by Gasteiger charge is 2.27. The van der Waals surface area contributed by atoms with Crippen molar-refractivity contribution < 1.29 is 9.53 Å². The molecular weight excluding hydrogens is 216 g/mol. The SMILES string of the molecule is COC(=O)C(C(C)C)n1c(N)n[nH]c1=S. The van der Waals surface area contributed by atoms with Gasteiger partial charge in [-0.1, -0.05) is 13.8 Å². The molecule has 0 spiro atoms. The Hall–Kier alpha value is -1.37. The van der Waals surface area contributed by atoms with Gasteiger partial charge in [0.1, 0.15) is 6.04 Å². The van der Waals surface area contributed by atoms with Crippen LogP contribution in [0.1, 0.15) is 19.9 Å². The first-order chi connectivity index (χ1) is 6.99. The van der Waals surface area contributed by atoms with Crippen molar-refractivity contribution >= 4 is 24.1 Å². The molecule has 1 unspecified atom stereocenters. The van der Waals surface area contributed by atoms with Gasteiger partial charge in [0.05, 0.1) is 7.11 Å². The Kier molecular flexibility index (Phi) is 3.46. The number of nitrogen functional groups attached to an aromatic ring is 1. The number of carbonyl (C=O) groups is 1. The Balaban J connectivity index is 3.21. The predicted molar refractivity (Wildman–Crippen MR) is 57.7 cm³/mol. The summed E-state index contributed by atoms with van der Waals surface area (Å²) in [6.07, 6.45) is 0. The predicted octanol–water partition coefficient (Wildman–Crippen LogP) is 0.893. The second-order valence-corrected chi connectivity index (χ2v) is 3.86. The van der Waals surface area contributed by atoms with Crippen molar-refractivity contribution in [2.75, 3.05) is 12.8 Å². The lowest BCUT2D eigenvalue weighted by Gasteiger charge is -2.19. The number of nitrogens with one attached hydrogen (secondary N) is 1. The summed E-state index contributed by atoms with van der Waals surface area (Å²) in [4.78, 5) is 11.6. The highest BCUT2D eigenvalue weighted by atomic mass is 32.1. The summed E-state index contributed by atoms with van der Waals surface area (Å²) < 4.78 is 6.48. The molecule has 7 heteroatoms. The van der Waals surface area contributed by atoms with Crippen molar-refractivity contribution in [3.05, 3.63) is 4.77 Å². The number of hydrogen-bond donors (Lipinski definition) is 2. The summed E-state index contributed by atoms with van der Waals surface area (Å²) in [6.45, 7) is 3.77. The van der Waals surface area contributed by atoms with Gasteiger partial charge in [-0.15, -0.1) is 5.10 Å². The van der Waals surface area contributed by atoms with Crippen LogP contribution in [0.2, 0.25) is 0 Å². The van der Waals surface area contributed by atoms with E-state index >= 15 is 0 Å². The van der Waals surface area contributed by atoms with Gasteiger partial charge in [-0.2, -0.15) is 0 Å². The second kappa shape index (κ2) is 4.43. The zero-order valence-corrected chi connectivity index (χ0v) is 9.67. The molecule has 0 aliphatic carbocycles. The van der Waals surface area contributed by atoms with Crippen LogP contribution in [0, 0.1) is 10.7 Å². The van der Waals surface area contributed by atoms with E-state index in [1.807, 2.05) is 13.8 Å². The maximum Gasteiger partial charge on any atom is 0.329 e. The molecule has 1 heterocycles. The highest BCUT2D eigenvalue weighted by Crippen LogP contribution is 2.21. The van der Waals surface area contributed by atoms with E-state index in [1.54, 1.807) is 0 Å². The molecule has 0 saturated heterocycles. The largest absolute Gasteiger partial charge is 0.467 e. The fraction of sp³-hybridized carbons (Fsp3) is 0.625. The van der Waals surface area contributed by atoms with Crippen LogP contribution in [0.5, 0.6) is 0 Å². The van der Waals surface area contributed by atoms with Crippen LogP contribution in [0.3, 0.4) is 0 Å². The van der Waals surface area contributed by atoms with Crippen LogP contribution in [-0.4, -0.2) is 27.8 Å². The summed E-state index contributed by atoms with van der Waals surface area (Å²) in [5.74, 6) is -0.178. The Morgan fingerprint density at radius 2 is 2.27 bits per heavy atom. The van der Waals surface area contributed by atoms with Crippen LogP contribution >= 0.6 is 12.2 Å². The van der Waals surface area contributed by atoms with Crippen molar-refractivity contribution in [1.82, 2.24) is 14.8 Å². The molecule has 0 aromatic carbocycles. The molecule has 6 nitrogen and oxygen atoms in total. The van der Waals surface area contributed by atoms with Gasteiger partial charge in [0.15, 0.2) is 4.77 Å². The summed E-state index contributed by atoms with van der Waals surface area (Å²) in [5, 5.41) is 6.29. The van der Waals surface area contributed by atoms with Gasteiger partial charge in [-0.05, 0) is 18.1 Å². The number of ether oxygens (including phenoxy) is 1. The summed E-state index contributed by atoms with van der Waals surface area (Å²) in [5.41, 5.74) is 5.62. The average molecular weight is 230 g/mol. The number of anilines is 1. The lowest BCUT2D eigenvalue weighted by Crippen LogP contribution is -2.27. The number of aromatic amines is 1. The highest BCUT2D eigenvalue weighted by molar-refractivity contribution is 7.71. The Labute approximate surface area is 92.4 Å². The van der Waals surface area contributed by atoms with Gasteiger partial charge in [-0.25, -0.2) is 9.89 Å². The molecule has 3 N–H and O–H groups in total. The summed E-state index contributed by atoms with van der Waals surface area (Å²) in [7, 11) is 1.33. The summed E-state index contributed by atoms with van der Waals surface area (Å²) in [6, 6.07) is -0.541. The van der Waals surface area contributed by atoms with E-state index < -0.39 is 6.04 Å². The molecular formula is C8H14N4O2S. The van der Waals surface area contributed by atoms with Gasteiger partial charge in [0.2, 0.25) is 5.95 Å². The number of hydrogen-bond acceptors (Lipinski definition) is 5. The Morgan fingerprint density at radius 3 is 2.60 bits per heavy atom. The first-order valence-corrected chi connectivity index (χ1v) is 4.90. The number of aromatic nitrogens is 3. The maximum atomic E-state index is 11.6. The molecule has 84 valence electrons. The molecule has 0 amide bonds. The van der Waals surface area contributed by atoms with Crippen LogP contribution in [0.4, 0.5) is 5.95 Å². The van der Waals surface area contributed by atoms with Crippen LogP contribution in [0.25, 0.3) is 0 Å². The fourth-order valence-corrected chi connectivity index (χ4v) is 1.63. The third-order valence-corrected chi connectivity index (χ3v) is 2.37. The average Bonchev–Trinajstić information content (AvgIpc) is 2.49. The Morgan fingerprint density at radius 1 is 1.67 bits per heavy atom. The molecule has 0 fully saturated rings. The minimum absolute atomic E-state index is 0.0176. The van der Waals surface area contributed by atoms with Crippen LogP contribution in [0.15, 0.2) is 0 Å². The lowest BCUT2D eigenvalue weighted by molar-refractivity contribution is -0.146. The molecule has 0 saturated carbocycles. The number of nitrogens with two attached hydrogens (primary N) is 1. The first kappa shape index (κ1) is 11.7. The topological polar surface area (TPSA) is 85.9 Å². The minimum Gasteiger partial charge on any atom is -0.467 e. The summed E-state index contributed by atoms with van der Waals surface area (Å²) >= 11 is 4.99. The van der Waals surface area contributed by atoms with Crippen molar-refractivity contribution in [3.8, 4) is 0 Å². The van der Waals surface area contributed by atoms with E-state index in [0.717, 1.165) is 0 Å². The van der Waals surface area contributed by atoms with E-state index in [-0.39, 0.29) is 17.8 Å². The van der Waals surface area contributed by atoms with Crippen molar-refractivity contribution in [1.29, 1.82) is 0 Å². The monoisotopic (exact) mass is 230 g/mol. The van der Waals surface area contributed by atoms with Gasteiger partial charge >= 0.3 is 5.97 Å². The van der Waals surface area contributed by atoms with E-state index in [9.17, 15) is 4.79 Å². The van der Waals surface area contributed by atoms with E-state index in [4.69, 9.17) is 22.7 Å². The molecule has 1 atom stereocenters. The van der Waals surface area contributed by atoms with Gasteiger partial charge in [0.25, 0.3) is 0 Å². The molecule has 0 aliphatic heterocycles. The number of rotatable bonds is 3. The van der Waals surface area contributed by atoms with Crippen LogP contribution in [-0.2, 0) is 9.53 Å². The minimum atomic E-state index is -0.541. The van der Waals surface area contributed by atoms with Crippen LogP contribution < -0.4 is 5.73 Å². The van der Waals surface area contributed by atoms with Crippen molar-refractivity contribution in [2.45, 2.75) is 19.9 Å². The quantitative estimate of drug-likeness (QED) is 0.595. The molecule has 0 aliphatic rings. The molecule has 1 rings (SSSR count). The fourth-order valence-electron chi connectivity index (χ4n) is 1.38. The zero-order chi connectivity index (χ0) is 11.6. The third kappa shape index (κ3) is 2.17. The molecule has 1 aromatic rings. The first-order valence-electron chi connectivity index (χ1n) is 4.49. The second-order valence-electron chi connectivity index (χ2n) is 3.47. The van der Waals surface area contributed by atoms with E-state index in [0.29, 0.717) is 4.77 Å². The molecule has 0 radical (unpaired) electrons. The number of methoxy groups -OCH3 is 1. The van der Waals surface area contributed by atoms with Crippen molar-refractivity contribution in [3.63, 3.8) is 0 Å². The van der Waals surface area contributed by atoms with Gasteiger partial charge < -0.3 is 10.5 Å². The van der Waals surface area contributed by atoms with Gasteiger partial charge in [0, 0.05) is 0 Å². The normalized spacial score (nSPS) is 12.8. The number of carbonyl (C=O) groups excluding carboxylic acids is 1. The van der Waals surface area contributed by atoms with Crippen molar-refractivity contribution in [2.24, 2.45) is 5.92 Å². The van der Waals surface area contributed by atoms with E-state index in [1.165, 1.54) is 11.7 Å². The third-order valence-electron chi connectivity index (χ3n) is 2.08. The number of H-pyrrole nitrogens is 1. The smallest absolute Gasteiger partial charge is 0.329 e. The number of nitrogens with zero attached hydrogens (tertiary/aromatic N) is 2. The molecule has 0 bridgehead atoms. The van der Waals surface area contributed by atoms with E-state index in [2.05, 4.69) is 10.2 Å². The lowest BCUT2D eigenvalue weighted by atomic mass is 10.0. The maximum absolute atomic E-state index is 11.6. The molecule has 15 heavy (non-hydrogen) atoms. The molecule has 1 aromatic heterocycles. The Bertz CT molecular complexity index is 409. The van der Waals surface area contributed by atoms with Gasteiger partial charge in [-0.3, -0.25) is 4.57 Å². The zero-order valence-electron chi connectivity index (χ0n) is 8.85. The number of esters is 1.